The average Bonchev–Trinajstić information content (AvgIpc) is 2.59. The highest BCUT2D eigenvalue weighted by atomic mass is 16.4. The standard InChI is InChI=1S/C14H12O2.C4H10N2/c15-14(16)13(11-7-3-1-4-8-11)12-9-5-2-6-10-12;1-2-6-4-3-5-1/h1-10,13H,(H,15,16);5-6H,1-4H2. The summed E-state index contributed by atoms with van der Waals surface area (Å²) in [5, 5.41) is 15.7. The van der Waals surface area contributed by atoms with Gasteiger partial charge < -0.3 is 15.7 Å². The third-order valence-electron chi connectivity index (χ3n) is 3.47. The predicted molar refractivity (Wildman–Crippen MR) is 88.1 cm³/mol. The largest absolute Gasteiger partial charge is 0.481 e. The number of rotatable bonds is 3. The Morgan fingerprint density at radius 2 is 1.14 bits per heavy atom. The van der Waals surface area contributed by atoms with Crippen LogP contribution in [-0.2, 0) is 4.79 Å². The summed E-state index contributed by atoms with van der Waals surface area (Å²) < 4.78 is 0. The first kappa shape index (κ1) is 16.2. The SMILES string of the molecule is C1CNCCN1.O=C(O)C(c1ccccc1)c1ccccc1. The Hall–Kier alpha value is -2.17. The Morgan fingerprint density at radius 1 is 0.773 bits per heavy atom. The van der Waals surface area contributed by atoms with Crippen molar-refractivity contribution in [3.63, 3.8) is 0 Å². The molecule has 1 saturated heterocycles. The van der Waals surface area contributed by atoms with Gasteiger partial charge in [-0.1, -0.05) is 60.7 Å². The van der Waals surface area contributed by atoms with Crippen molar-refractivity contribution < 1.29 is 9.90 Å². The minimum atomic E-state index is -0.822. The number of carbonyl (C=O) groups is 1. The number of aliphatic carboxylic acids is 1. The quantitative estimate of drug-likeness (QED) is 0.812. The Kier molecular flexibility index (Phi) is 6.61. The molecule has 0 aliphatic carbocycles. The molecule has 1 heterocycles. The molecule has 1 aliphatic rings. The number of piperazine rings is 1. The second-order valence-corrected chi connectivity index (χ2v) is 5.09. The molecule has 1 aliphatic heterocycles. The third kappa shape index (κ3) is 4.98. The molecule has 0 bridgehead atoms. The molecule has 2 aromatic carbocycles. The van der Waals surface area contributed by atoms with Crippen LogP contribution in [0.2, 0.25) is 0 Å². The van der Waals surface area contributed by atoms with Gasteiger partial charge in [0, 0.05) is 26.2 Å². The van der Waals surface area contributed by atoms with E-state index >= 15 is 0 Å². The normalized spacial score (nSPS) is 14.0. The van der Waals surface area contributed by atoms with Gasteiger partial charge in [-0.05, 0) is 11.1 Å². The fourth-order valence-electron chi connectivity index (χ4n) is 2.37. The van der Waals surface area contributed by atoms with E-state index in [-0.39, 0.29) is 0 Å². The Morgan fingerprint density at radius 3 is 1.41 bits per heavy atom. The van der Waals surface area contributed by atoms with Crippen LogP contribution >= 0.6 is 0 Å². The van der Waals surface area contributed by atoms with E-state index in [9.17, 15) is 9.90 Å². The van der Waals surface area contributed by atoms with Crippen molar-refractivity contribution >= 4 is 5.97 Å². The van der Waals surface area contributed by atoms with Crippen LogP contribution in [0.15, 0.2) is 60.7 Å². The van der Waals surface area contributed by atoms with E-state index in [1.54, 1.807) is 0 Å². The van der Waals surface area contributed by atoms with Crippen LogP contribution in [0.5, 0.6) is 0 Å². The second-order valence-electron chi connectivity index (χ2n) is 5.09. The van der Waals surface area contributed by atoms with Gasteiger partial charge in [-0.15, -0.1) is 0 Å². The van der Waals surface area contributed by atoms with Gasteiger partial charge in [-0.2, -0.15) is 0 Å². The summed E-state index contributed by atoms with van der Waals surface area (Å²) in [6.45, 7) is 4.56. The van der Waals surface area contributed by atoms with E-state index < -0.39 is 11.9 Å². The van der Waals surface area contributed by atoms with Crippen molar-refractivity contribution in [1.29, 1.82) is 0 Å². The molecule has 0 aromatic heterocycles. The summed E-state index contributed by atoms with van der Waals surface area (Å²) in [5.74, 6) is -1.40. The minimum absolute atomic E-state index is 0.581. The molecular weight excluding hydrogens is 276 g/mol. The van der Waals surface area contributed by atoms with Crippen LogP contribution in [0.4, 0.5) is 0 Å². The molecule has 3 rings (SSSR count). The Balaban J connectivity index is 0.000000246. The molecule has 116 valence electrons. The van der Waals surface area contributed by atoms with Crippen LogP contribution in [0.1, 0.15) is 17.0 Å². The van der Waals surface area contributed by atoms with Crippen molar-refractivity contribution in [2.45, 2.75) is 5.92 Å². The van der Waals surface area contributed by atoms with E-state index in [2.05, 4.69) is 10.6 Å². The summed E-state index contributed by atoms with van der Waals surface area (Å²) in [5.41, 5.74) is 1.61. The molecule has 2 aromatic rings. The van der Waals surface area contributed by atoms with Gasteiger partial charge in [0.05, 0.1) is 0 Å². The zero-order valence-corrected chi connectivity index (χ0v) is 12.5. The molecule has 0 amide bonds. The molecular formula is C18H22N2O2. The Labute approximate surface area is 131 Å². The maximum absolute atomic E-state index is 11.3. The molecule has 0 unspecified atom stereocenters. The first-order valence-electron chi connectivity index (χ1n) is 7.53. The monoisotopic (exact) mass is 298 g/mol. The number of nitrogens with one attached hydrogen (secondary N) is 2. The number of hydrogen-bond acceptors (Lipinski definition) is 3. The van der Waals surface area contributed by atoms with Crippen LogP contribution in [0.3, 0.4) is 0 Å². The van der Waals surface area contributed by atoms with Gasteiger partial charge in [0.2, 0.25) is 0 Å². The first-order chi connectivity index (χ1) is 10.8. The highest BCUT2D eigenvalue weighted by Gasteiger charge is 2.21. The smallest absolute Gasteiger partial charge is 0.315 e. The lowest BCUT2D eigenvalue weighted by Gasteiger charge is -2.12. The van der Waals surface area contributed by atoms with Gasteiger partial charge in [-0.25, -0.2) is 0 Å². The van der Waals surface area contributed by atoms with E-state index in [0.29, 0.717) is 0 Å². The highest BCUT2D eigenvalue weighted by molar-refractivity contribution is 5.80. The molecule has 22 heavy (non-hydrogen) atoms. The van der Waals surface area contributed by atoms with Gasteiger partial charge in [0.15, 0.2) is 0 Å². The van der Waals surface area contributed by atoms with Crippen molar-refractivity contribution in [2.24, 2.45) is 0 Å². The zero-order chi connectivity index (χ0) is 15.6. The number of hydrogen-bond donors (Lipinski definition) is 3. The fraction of sp³-hybridized carbons (Fsp3) is 0.278. The van der Waals surface area contributed by atoms with Gasteiger partial charge >= 0.3 is 5.97 Å². The van der Waals surface area contributed by atoms with E-state index in [0.717, 1.165) is 37.3 Å². The van der Waals surface area contributed by atoms with Crippen molar-refractivity contribution in [3.8, 4) is 0 Å². The van der Waals surface area contributed by atoms with E-state index in [4.69, 9.17) is 0 Å². The topological polar surface area (TPSA) is 61.4 Å². The van der Waals surface area contributed by atoms with Gasteiger partial charge in [0.1, 0.15) is 5.92 Å². The molecule has 0 atom stereocenters. The van der Waals surface area contributed by atoms with Crippen LogP contribution < -0.4 is 10.6 Å². The lowest BCUT2D eigenvalue weighted by Crippen LogP contribution is -2.39. The summed E-state index contributed by atoms with van der Waals surface area (Å²) in [6.07, 6.45) is 0. The maximum atomic E-state index is 11.3. The zero-order valence-electron chi connectivity index (χ0n) is 12.5. The lowest BCUT2D eigenvalue weighted by atomic mass is 9.92. The molecule has 4 nitrogen and oxygen atoms in total. The molecule has 0 spiro atoms. The summed E-state index contributed by atoms with van der Waals surface area (Å²) >= 11 is 0. The second kappa shape index (κ2) is 8.97. The number of benzene rings is 2. The number of carboxylic acids is 1. The molecule has 4 heteroatoms. The van der Waals surface area contributed by atoms with E-state index in [1.165, 1.54) is 0 Å². The maximum Gasteiger partial charge on any atom is 0.315 e. The first-order valence-corrected chi connectivity index (χ1v) is 7.53. The van der Waals surface area contributed by atoms with E-state index in [1.807, 2.05) is 60.7 Å². The Bertz CT molecular complexity index is 503. The molecule has 0 saturated carbocycles. The molecule has 1 fully saturated rings. The highest BCUT2D eigenvalue weighted by Crippen LogP contribution is 2.24. The predicted octanol–water partition coefficient (Wildman–Crippen LogP) is 2.08. The van der Waals surface area contributed by atoms with Crippen LogP contribution in [0, 0.1) is 0 Å². The van der Waals surface area contributed by atoms with Crippen molar-refractivity contribution in [3.05, 3.63) is 71.8 Å². The van der Waals surface area contributed by atoms with Gasteiger partial charge in [-0.3, -0.25) is 4.79 Å². The average molecular weight is 298 g/mol. The summed E-state index contributed by atoms with van der Waals surface area (Å²) in [6, 6.07) is 18.5. The number of carboxylic acid groups (broad SMARTS) is 1. The third-order valence-corrected chi connectivity index (χ3v) is 3.47. The van der Waals surface area contributed by atoms with Gasteiger partial charge in [0.25, 0.3) is 0 Å². The van der Waals surface area contributed by atoms with Crippen LogP contribution in [0.25, 0.3) is 0 Å². The van der Waals surface area contributed by atoms with Crippen LogP contribution in [-0.4, -0.2) is 37.3 Å². The van der Waals surface area contributed by atoms with Crippen molar-refractivity contribution in [2.75, 3.05) is 26.2 Å². The molecule has 0 radical (unpaired) electrons. The summed E-state index contributed by atoms with van der Waals surface area (Å²) in [7, 11) is 0. The lowest BCUT2D eigenvalue weighted by molar-refractivity contribution is -0.137. The van der Waals surface area contributed by atoms with Crippen molar-refractivity contribution in [1.82, 2.24) is 10.6 Å². The minimum Gasteiger partial charge on any atom is -0.481 e. The summed E-state index contributed by atoms with van der Waals surface area (Å²) in [4.78, 5) is 11.3. The molecule has 3 N–H and O–H groups in total. The fourth-order valence-corrected chi connectivity index (χ4v) is 2.37.